The second kappa shape index (κ2) is 11.2. The summed E-state index contributed by atoms with van der Waals surface area (Å²) in [6.45, 7) is 4.00. The molecule has 1 aliphatic carbocycles. The van der Waals surface area contributed by atoms with Crippen LogP contribution < -0.4 is 0 Å². The second-order valence-electron chi connectivity index (χ2n) is 8.00. The highest BCUT2D eigenvalue weighted by molar-refractivity contribution is 5.99. The number of hydrogen-bond acceptors (Lipinski definition) is 4. The lowest BCUT2D eigenvalue weighted by molar-refractivity contribution is -0.139. The first-order valence-corrected chi connectivity index (χ1v) is 11.4. The van der Waals surface area contributed by atoms with Gasteiger partial charge in [0, 0.05) is 28.9 Å². The molecular weight excluding hydrogens is 421 g/mol. The van der Waals surface area contributed by atoms with Crippen LogP contribution in [0, 0.1) is 5.82 Å². The summed E-state index contributed by atoms with van der Waals surface area (Å²) < 4.78 is 13.6. The predicted molar refractivity (Wildman–Crippen MR) is 128 cm³/mol. The second-order valence-corrected chi connectivity index (χ2v) is 8.00. The fourth-order valence-corrected chi connectivity index (χ4v) is 3.86. The maximum Gasteiger partial charge on any atom is 0.305 e. The SMILES string of the molecule is CC.O=C(O)CC(O)CC(O)/C=C/c1c(C2CC2)nc2ccccc2c1-c1ccc(F)cc1. The average Bonchev–Trinajstić information content (AvgIpc) is 3.63. The zero-order valence-corrected chi connectivity index (χ0v) is 18.9. The fraction of sp³-hybridized carbons (Fsp3) is 0.333. The van der Waals surface area contributed by atoms with Crippen LogP contribution in [0.4, 0.5) is 4.39 Å². The third-order valence-electron chi connectivity index (χ3n) is 5.47. The number of halogens is 1. The molecule has 6 heteroatoms. The monoisotopic (exact) mass is 451 g/mol. The average molecular weight is 452 g/mol. The Kier molecular flexibility index (Phi) is 8.31. The Bertz CT molecular complexity index is 1120. The van der Waals surface area contributed by atoms with Gasteiger partial charge in [-0.25, -0.2) is 4.39 Å². The summed E-state index contributed by atoms with van der Waals surface area (Å²) in [7, 11) is 0. The summed E-state index contributed by atoms with van der Waals surface area (Å²) in [5, 5.41) is 29.9. The molecule has 0 bridgehead atoms. The molecule has 0 spiro atoms. The summed E-state index contributed by atoms with van der Waals surface area (Å²) >= 11 is 0. The Morgan fingerprint density at radius 3 is 2.42 bits per heavy atom. The lowest BCUT2D eigenvalue weighted by Gasteiger charge is -2.16. The number of aromatic nitrogens is 1. The molecule has 2 unspecified atom stereocenters. The van der Waals surface area contributed by atoms with E-state index in [1.165, 1.54) is 12.1 Å². The van der Waals surface area contributed by atoms with Crippen molar-refractivity contribution in [2.75, 3.05) is 0 Å². The summed E-state index contributed by atoms with van der Waals surface area (Å²) in [6.07, 6.45) is 2.80. The van der Waals surface area contributed by atoms with Crippen LogP contribution in [0.2, 0.25) is 0 Å². The quantitative estimate of drug-likeness (QED) is 0.418. The molecule has 0 amide bonds. The van der Waals surface area contributed by atoms with E-state index in [1.54, 1.807) is 24.3 Å². The fourth-order valence-electron chi connectivity index (χ4n) is 3.86. The van der Waals surface area contributed by atoms with Gasteiger partial charge >= 0.3 is 5.97 Å². The third-order valence-corrected chi connectivity index (χ3v) is 5.47. The van der Waals surface area contributed by atoms with Crippen molar-refractivity contribution in [3.05, 3.63) is 71.7 Å². The Morgan fingerprint density at radius 1 is 1.12 bits per heavy atom. The molecule has 0 aliphatic heterocycles. The van der Waals surface area contributed by atoms with Crippen LogP contribution in [0.5, 0.6) is 0 Å². The molecule has 5 nitrogen and oxygen atoms in total. The molecule has 1 fully saturated rings. The summed E-state index contributed by atoms with van der Waals surface area (Å²) in [5.41, 5.74) is 4.43. The molecule has 33 heavy (non-hydrogen) atoms. The minimum absolute atomic E-state index is 0.0749. The Morgan fingerprint density at radius 2 is 1.79 bits per heavy atom. The molecule has 0 radical (unpaired) electrons. The van der Waals surface area contributed by atoms with Crippen LogP contribution in [-0.4, -0.2) is 38.5 Å². The van der Waals surface area contributed by atoms with E-state index in [-0.39, 0.29) is 12.2 Å². The largest absolute Gasteiger partial charge is 0.481 e. The van der Waals surface area contributed by atoms with E-state index in [4.69, 9.17) is 10.1 Å². The molecule has 4 rings (SSSR count). The lowest BCUT2D eigenvalue weighted by atomic mass is 9.92. The van der Waals surface area contributed by atoms with E-state index in [0.29, 0.717) is 5.92 Å². The number of rotatable bonds is 8. The van der Waals surface area contributed by atoms with Crippen molar-refractivity contribution >= 4 is 22.9 Å². The molecule has 0 saturated heterocycles. The molecule has 1 aromatic heterocycles. The number of benzene rings is 2. The molecule has 3 N–H and O–H groups in total. The zero-order valence-electron chi connectivity index (χ0n) is 18.9. The van der Waals surface area contributed by atoms with Gasteiger partial charge in [0.05, 0.1) is 29.8 Å². The summed E-state index contributed by atoms with van der Waals surface area (Å²) in [4.78, 5) is 15.6. The van der Waals surface area contributed by atoms with Crippen LogP contribution >= 0.6 is 0 Å². The molecular formula is C27H30FNO4. The van der Waals surface area contributed by atoms with Crippen molar-refractivity contribution in [3.8, 4) is 11.1 Å². The van der Waals surface area contributed by atoms with Gasteiger partial charge in [0.1, 0.15) is 5.82 Å². The first-order chi connectivity index (χ1) is 15.9. The maximum absolute atomic E-state index is 13.6. The van der Waals surface area contributed by atoms with Crippen LogP contribution in [0.15, 0.2) is 54.6 Å². The number of carboxylic acids is 1. The van der Waals surface area contributed by atoms with Gasteiger partial charge in [-0.05, 0) is 36.6 Å². The number of carbonyl (C=O) groups is 1. The number of carboxylic acid groups (broad SMARTS) is 1. The first kappa shape index (κ1) is 24.6. The third kappa shape index (κ3) is 6.24. The molecule has 1 heterocycles. The number of pyridine rings is 1. The number of nitrogens with zero attached hydrogens (tertiary/aromatic N) is 1. The molecule has 2 aromatic carbocycles. The molecule has 1 saturated carbocycles. The standard InChI is InChI=1S/C25H24FNO4.C2H6/c26-17-9-7-15(8-10-17)24-20-3-1-2-4-22(20)27-25(16-5-6-16)21(24)12-11-18(28)13-19(29)14-23(30)31;1-2/h1-4,7-12,16,18-19,28-29H,5-6,13-14H2,(H,30,31);1-2H3/b12-11+;. The van der Waals surface area contributed by atoms with E-state index in [0.717, 1.165) is 46.1 Å². The minimum Gasteiger partial charge on any atom is -0.481 e. The van der Waals surface area contributed by atoms with Crippen LogP contribution in [0.1, 0.15) is 56.7 Å². The van der Waals surface area contributed by atoms with E-state index < -0.39 is 24.6 Å². The number of aliphatic hydroxyl groups is 2. The van der Waals surface area contributed by atoms with Crippen LogP contribution in [0.3, 0.4) is 0 Å². The Hall–Kier alpha value is -3.09. The minimum atomic E-state index is -1.13. The van der Waals surface area contributed by atoms with Crippen LogP contribution in [0.25, 0.3) is 28.1 Å². The van der Waals surface area contributed by atoms with E-state index in [9.17, 15) is 19.4 Å². The van der Waals surface area contributed by atoms with E-state index >= 15 is 0 Å². The summed E-state index contributed by atoms with van der Waals surface area (Å²) in [5.74, 6) is -1.10. The molecule has 174 valence electrons. The van der Waals surface area contributed by atoms with Crippen molar-refractivity contribution in [2.24, 2.45) is 0 Å². The van der Waals surface area contributed by atoms with Crippen molar-refractivity contribution in [3.63, 3.8) is 0 Å². The van der Waals surface area contributed by atoms with Gasteiger partial charge in [-0.1, -0.05) is 56.3 Å². The van der Waals surface area contributed by atoms with Crippen molar-refractivity contribution in [2.45, 2.75) is 57.7 Å². The lowest BCUT2D eigenvalue weighted by Crippen LogP contribution is -2.19. The maximum atomic E-state index is 13.6. The normalized spacial score (nSPS) is 15.2. The topological polar surface area (TPSA) is 90.7 Å². The van der Waals surface area contributed by atoms with Gasteiger partial charge in [-0.15, -0.1) is 0 Å². The summed E-state index contributed by atoms with van der Waals surface area (Å²) in [6, 6.07) is 14.1. The van der Waals surface area contributed by atoms with E-state index in [2.05, 4.69) is 0 Å². The Balaban J connectivity index is 0.00000149. The van der Waals surface area contributed by atoms with Crippen molar-refractivity contribution < 1.29 is 24.5 Å². The van der Waals surface area contributed by atoms with Crippen molar-refractivity contribution in [1.29, 1.82) is 0 Å². The zero-order chi connectivity index (χ0) is 24.0. The number of hydrogen-bond donors (Lipinski definition) is 3. The van der Waals surface area contributed by atoms with Gasteiger partial charge in [0.25, 0.3) is 0 Å². The Labute approximate surface area is 193 Å². The predicted octanol–water partition coefficient (Wildman–Crippen LogP) is 5.54. The molecule has 2 atom stereocenters. The highest BCUT2D eigenvalue weighted by Gasteiger charge is 2.29. The number of fused-ring (bicyclic) bond motifs is 1. The van der Waals surface area contributed by atoms with Gasteiger partial charge in [0.15, 0.2) is 0 Å². The van der Waals surface area contributed by atoms with Crippen molar-refractivity contribution in [1.82, 2.24) is 4.98 Å². The highest BCUT2D eigenvalue weighted by Crippen LogP contribution is 2.45. The molecule has 3 aromatic rings. The van der Waals surface area contributed by atoms with Gasteiger partial charge in [0.2, 0.25) is 0 Å². The number of aliphatic hydroxyl groups excluding tert-OH is 2. The smallest absolute Gasteiger partial charge is 0.305 e. The van der Waals surface area contributed by atoms with Crippen LogP contribution in [-0.2, 0) is 4.79 Å². The van der Waals surface area contributed by atoms with Gasteiger partial charge < -0.3 is 15.3 Å². The number of aliphatic carboxylic acids is 1. The van der Waals surface area contributed by atoms with Gasteiger partial charge in [-0.2, -0.15) is 0 Å². The number of para-hydroxylation sites is 1. The highest BCUT2D eigenvalue weighted by atomic mass is 19.1. The van der Waals surface area contributed by atoms with Gasteiger partial charge in [-0.3, -0.25) is 9.78 Å². The molecule has 1 aliphatic rings. The van der Waals surface area contributed by atoms with E-state index in [1.807, 2.05) is 38.1 Å². The first-order valence-electron chi connectivity index (χ1n) is 11.4.